The molecule has 0 bridgehead atoms. The Kier molecular flexibility index (Phi) is 6.15. The molecule has 1 atom stereocenters. The van der Waals surface area contributed by atoms with Crippen LogP contribution in [0.15, 0.2) is 91.0 Å². The smallest absolute Gasteiger partial charge is 0.319 e. The third kappa shape index (κ3) is 3.96. The molecule has 1 unspecified atom stereocenters. The molecule has 3 aromatic carbocycles. The van der Waals surface area contributed by atoms with Crippen LogP contribution in [0.5, 0.6) is 5.75 Å². The van der Waals surface area contributed by atoms with Gasteiger partial charge in [0.05, 0.1) is 6.61 Å². The highest BCUT2D eigenvalue weighted by Crippen LogP contribution is 2.43. The molecule has 3 heteroatoms. The van der Waals surface area contributed by atoms with Crippen molar-refractivity contribution in [1.82, 2.24) is 0 Å². The van der Waals surface area contributed by atoms with Gasteiger partial charge in [-0.05, 0) is 51.5 Å². The standard InChI is InChI=1S/C29H34O2Si/c1-28(2,3)32(25-12-7-5-8-13-25,26-14-9-6-10-15-26)31-24-17-16-23-18-20-29(4,19-11-21-30)27(23)22-24/h5-17,19,22,30H,18,20-21H2,1-4H3/b19-11+. The molecular weight excluding hydrogens is 408 g/mol. The number of hydrogen-bond acceptors (Lipinski definition) is 2. The number of benzene rings is 3. The van der Waals surface area contributed by atoms with Crippen LogP contribution in [0.1, 0.15) is 45.2 Å². The molecule has 0 fully saturated rings. The Hall–Kier alpha value is -2.62. The summed E-state index contributed by atoms with van der Waals surface area (Å²) in [6, 6.07) is 28.2. The van der Waals surface area contributed by atoms with E-state index in [0.717, 1.165) is 18.6 Å². The molecule has 0 aromatic heterocycles. The normalized spacial score (nSPS) is 18.7. The van der Waals surface area contributed by atoms with Crippen LogP contribution in [0.3, 0.4) is 0 Å². The van der Waals surface area contributed by atoms with E-state index in [1.165, 1.54) is 21.5 Å². The highest BCUT2D eigenvalue weighted by Gasteiger charge is 2.52. The Morgan fingerprint density at radius 1 is 0.938 bits per heavy atom. The summed E-state index contributed by atoms with van der Waals surface area (Å²) in [5.74, 6) is 0.934. The van der Waals surface area contributed by atoms with Gasteiger partial charge in [-0.25, -0.2) is 0 Å². The molecule has 0 saturated heterocycles. The predicted molar refractivity (Wildman–Crippen MR) is 137 cm³/mol. The number of aryl methyl sites for hydroxylation is 1. The summed E-state index contributed by atoms with van der Waals surface area (Å²) in [4.78, 5) is 0. The van der Waals surface area contributed by atoms with Crippen molar-refractivity contribution in [2.45, 2.75) is 51.0 Å². The van der Waals surface area contributed by atoms with Crippen LogP contribution in [0, 0.1) is 0 Å². The van der Waals surface area contributed by atoms with Crippen LogP contribution in [0.2, 0.25) is 5.04 Å². The molecule has 4 rings (SSSR count). The fourth-order valence-electron chi connectivity index (χ4n) is 5.21. The summed E-state index contributed by atoms with van der Waals surface area (Å²) in [6.07, 6.45) is 6.14. The lowest BCUT2D eigenvalue weighted by atomic mass is 9.83. The van der Waals surface area contributed by atoms with E-state index in [1.807, 2.05) is 6.08 Å². The number of aliphatic hydroxyl groups is 1. The van der Waals surface area contributed by atoms with Crippen LogP contribution < -0.4 is 14.8 Å². The van der Waals surface area contributed by atoms with E-state index in [0.29, 0.717) is 0 Å². The molecule has 0 heterocycles. The van der Waals surface area contributed by atoms with Gasteiger partial charge in [0, 0.05) is 5.41 Å². The first-order valence-electron chi connectivity index (χ1n) is 11.5. The zero-order chi connectivity index (χ0) is 22.8. The van der Waals surface area contributed by atoms with Crippen molar-refractivity contribution < 1.29 is 9.53 Å². The van der Waals surface area contributed by atoms with Crippen molar-refractivity contribution in [1.29, 1.82) is 0 Å². The Morgan fingerprint density at radius 3 is 2.06 bits per heavy atom. The minimum atomic E-state index is -2.65. The fourth-order valence-corrected chi connectivity index (χ4v) is 9.62. The first kappa shape index (κ1) is 22.6. The zero-order valence-corrected chi connectivity index (χ0v) is 20.6. The molecule has 0 amide bonds. The number of hydrogen-bond donors (Lipinski definition) is 1. The lowest BCUT2D eigenvalue weighted by molar-refractivity contribution is 0.341. The molecule has 3 aromatic rings. The van der Waals surface area contributed by atoms with Crippen molar-refractivity contribution in [3.05, 3.63) is 102 Å². The molecule has 0 spiro atoms. The average molecular weight is 443 g/mol. The van der Waals surface area contributed by atoms with Crippen LogP contribution in [-0.4, -0.2) is 20.0 Å². The topological polar surface area (TPSA) is 29.5 Å². The van der Waals surface area contributed by atoms with Gasteiger partial charge in [-0.15, -0.1) is 0 Å². The monoisotopic (exact) mass is 442 g/mol. The largest absolute Gasteiger partial charge is 0.534 e. The highest BCUT2D eigenvalue weighted by molar-refractivity contribution is 7.00. The second kappa shape index (κ2) is 8.72. The third-order valence-corrected chi connectivity index (χ3v) is 11.8. The van der Waals surface area contributed by atoms with Gasteiger partial charge in [0.2, 0.25) is 0 Å². The predicted octanol–water partition coefficient (Wildman–Crippen LogP) is 5.38. The first-order chi connectivity index (χ1) is 15.3. The van der Waals surface area contributed by atoms with Gasteiger partial charge in [-0.2, -0.15) is 0 Å². The van der Waals surface area contributed by atoms with Gasteiger partial charge >= 0.3 is 8.32 Å². The van der Waals surface area contributed by atoms with Crippen molar-refractivity contribution in [2.75, 3.05) is 6.61 Å². The Balaban J connectivity index is 1.87. The Morgan fingerprint density at radius 2 is 1.53 bits per heavy atom. The van der Waals surface area contributed by atoms with Crippen molar-refractivity contribution in [3.8, 4) is 5.75 Å². The second-order valence-electron chi connectivity index (χ2n) is 10.1. The second-order valence-corrected chi connectivity index (χ2v) is 14.3. The van der Waals surface area contributed by atoms with Gasteiger partial charge in [0.15, 0.2) is 0 Å². The van der Waals surface area contributed by atoms with E-state index in [9.17, 15) is 5.11 Å². The zero-order valence-electron chi connectivity index (χ0n) is 19.6. The number of aliphatic hydroxyl groups excluding tert-OH is 1. The summed E-state index contributed by atoms with van der Waals surface area (Å²) in [7, 11) is -2.65. The summed E-state index contributed by atoms with van der Waals surface area (Å²) in [6.45, 7) is 9.25. The van der Waals surface area contributed by atoms with Gasteiger partial charge in [0.25, 0.3) is 0 Å². The molecule has 2 nitrogen and oxygen atoms in total. The first-order valence-corrected chi connectivity index (χ1v) is 13.4. The van der Waals surface area contributed by atoms with Crippen molar-refractivity contribution in [3.63, 3.8) is 0 Å². The Bertz CT molecular complexity index is 1040. The maximum absolute atomic E-state index is 9.33. The highest BCUT2D eigenvalue weighted by atomic mass is 28.4. The van der Waals surface area contributed by atoms with Crippen molar-refractivity contribution in [2.24, 2.45) is 0 Å². The van der Waals surface area contributed by atoms with Gasteiger partial charge in [-0.1, -0.05) is 107 Å². The van der Waals surface area contributed by atoms with E-state index >= 15 is 0 Å². The fraction of sp³-hybridized carbons (Fsp3) is 0.310. The van der Waals surface area contributed by atoms with Crippen molar-refractivity contribution >= 4 is 18.7 Å². The lowest BCUT2D eigenvalue weighted by Crippen LogP contribution is -2.68. The van der Waals surface area contributed by atoms with E-state index in [2.05, 4.69) is 113 Å². The maximum Gasteiger partial charge on any atom is 0.319 e. The average Bonchev–Trinajstić information content (AvgIpc) is 3.13. The molecule has 0 radical (unpaired) electrons. The quantitative estimate of drug-likeness (QED) is 0.410. The van der Waals surface area contributed by atoms with E-state index < -0.39 is 8.32 Å². The van der Waals surface area contributed by atoms with Crippen LogP contribution in [0.4, 0.5) is 0 Å². The van der Waals surface area contributed by atoms with E-state index in [-0.39, 0.29) is 17.1 Å². The van der Waals surface area contributed by atoms with Gasteiger partial charge < -0.3 is 9.53 Å². The summed E-state index contributed by atoms with van der Waals surface area (Å²) >= 11 is 0. The molecule has 1 N–H and O–H groups in total. The molecule has 0 saturated carbocycles. The number of rotatable bonds is 6. The van der Waals surface area contributed by atoms with Gasteiger partial charge in [-0.3, -0.25) is 0 Å². The molecule has 1 aliphatic rings. The minimum Gasteiger partial charge on any atom is -0.534 e. The number of fused-ring (bicyclic) bond motifs is 1. The van der Waals surface area contributed by atoms with E-state index in [1.54, 1.807) is 0 Å². The molecule has 32 heavy (non-hydrogen) atoms. The molecule has 166 valence electrons. The molecular formula is C29H34O2Si. The third-order valence-electron chi connectivity index (χ3n) is 6.89. The lowest BCUT2D eigenvalue weighted by Gasteiger charge is -2.43. The summed E-state index contributed by atoms with van der Waals surface area (Å²) in [5.41, 5.74) is 2.63. The van der Waals surface area contributed by atoms with E-state index in [4.69, 9.17) is 4.43 Å². The minimum absolute atomic E-state index is 0.0666. The molecule has 0 aliphatic heterocycles. The number of allylic oxidation sites excluding steroid dienone is 1. The van der Waals surface area contributed by atoms with Gasteiger partial charge in [0.1, 0.15) is 5.75 Å². The van der Waals surface area contributed by atoms with Crippen LogP contribution >= 0.6 is 0 Å². The van der Waals surface area contributed by atoms with Crippen LogP contribution in [0.25, 0.3) is 0 Å². The maximum atomic E-state index is 9.33. The summed E-state index contributed by atoms with van der Waals surface area (Å²) in [5, 5.41) is 11.8. The molecule has 1 aliphatic carbocycles. The Labute approximate surface area is 193 Å². The SMILES string of the molecule is CC1(/C=C/CO)CCc2ccc(O[Si](c3ccccc3)(c3ccccc3)C(C)(C)C)cc21. The summed E-state index contributed by atoms with van der Waals surface area (Å²) < 4.78 is 7.23. The van der Waals surface area contributed by atoms with Crippen LogP contribution in [-0.2, 0) is 11.8 Å².